The molecule has 0 saturated heterocycles. The summed E-state index contributed by atoms with van der Waals surface area (Å²) in [7, 11) is 8.65. The molecule has 0 fully saturated rings. The summed E-state index contributed by atoms with van der Waals surface area (Å²) in [5.41, 5.74) is 5.62. The SMILES string of the molecule is COCc1cc(-c2ccc(CP)cc2COC)c(F)cc1CP. The van der Waals surface area contributed by atoms with Gasteiger partial charge in [0.25, 0.3) is 0 Å². The molecule has 0 aliphatic heterocycles. The van der Waals surface area contributed by atoms with E-state index < -0.39 is 0 Å². The van der Waals surface area contributed by atoms with E-state index in [1.807, 2.05) is 18.2 Å². The summed E-state index contributed by atoms with van der Waals surface area (Å²) < 4.78 is 25.2. The molecule has 2 nitrogen and oxygen atoms in total. The summed E-state index contributed by atoms with van der Waals surface area (Å²) in [4.78, 5) is 0. The quantitative estimate of drug-likeness (QED) is 0.682. The van der Waals surface area contributed by atoms with Crippen LogP contribution in [0, 0.1) is 5.82 Å². The maximum absolute atomic E-state index is 14.7. The maximum atomic E-state index is 14.7. The number of methoxy groups -OCH3 is 2. The summed E-state index contributed by atoms with van der Waals surface area (Å²) in [6, 6.07) is 9.58. The van der Waals surface area contributed by atoms with Crippen molar-refractivity contribution in [1.82, 2.24) is 0 Å². The van der Waals surface area contributed by atoms with Gasteiger partial charge in [-0.15, -0.1) is 18.5 Å². The van der Waals surface area contributed by atoms with Gasteiger partial charge in [0.1, 0.15) is 5.82 Å². The molecule has 0 radical (unpaired) electrons. The highest BCUT2D eigenvalue weighted by atomic mass is 31.0. The van der Waals surface area contributed by atoms with Gasteiger partial charge in [0.2, 0.25) is 0 Å². The molecule has 2 aromatic rings. The van der Waals surface area contributed by atoms with Crippen molar-refractivity contribution >= 4 is 18.5 Å². The highest BCUT2D eigenvalue weighted by Crippen LogP contribution is 2.31. The lowest BCUT2D eigenvalue weighted by Crippen LogP contribution is -2.00. The predicted octanol–water partition coefficient (Wildman–Crippen LogP) is 4.54. The molecule has 0 spiro atoms. The second-order valence-electron chi connectivity index (χ2n) is 5.37. The van der Waals surface area contributed by atoms with Crippen LogP contribution in [0.1, 0.15) is 22.3 Å². The molecule has 5 heteroatoms. The smallest absolute Gasteiger partial charge is 0.131 e. The average molecular weight is 352 g/mol. The normalized spacial score (nSPS) is 11.0. The zero-order chi connectivity index (χ0) is 16.8. The van der Waals surface area contributed by atoms with E-state index >= 15 is 0 Å². The lowest BCUT2D eigenvalue weighted by molar-refractivity contribution is 0.184. The van der Waals surface area contributed by atoms with E-state index in [4.69, 9.17) is 9.47 Å². The van der Waals surface area contributed by atoms with Crippen molar-refractivity contribution in [3.8, 4) is 11.1 Å². The zero-order valence-electron chi connectivity index (χ0n) is 13.6. The number of rotatable bonds is 7. The molecule has 2 atom stereocenters. The Morgan fingerprint density at radius 1 is 0.826 bits per heavy atom. The van der Waals surface area contributed by atoms with Crippen LogP contribution in [0.15, 0.2) is 30.3 Å². The van der Waals surface area contributed by atoms with Crippen molar-refractivity contribution in [3.05, 3.63) is 58.4 Å². The van der Waals surface area contributed by atoms with Gasteiger partial charge < -0.3 is 9.47 Å². The van der Waals surface area contributed by atoms with Crippen LogP contribution in [0.5, 0.6) is 0 Å². The van der Waals surface area contributed by atoms with Gasteiger partial charge in [-0.2, -0.15) is 0 Å². The van der Waals surface area contributed by atoms with Crippen molar-refractivity contribution in [2.24, 2.45) is 0 Å². The standard InChI is InChI=1S/C18H23FO2P2/c1-20-8-13-6-17(18(19)7-15(13)11-23)16-4-3-12(10-22)5-14(16)9-21-2/h3-7H,8-11,22-23H2,1-2H3. The topological polar surface area (TPSA) is 18.5 Å². The molecule has 2 rings (SSSR count). The Kier molecular flexibility index (Phi) is 7.11. The van der Waals surface area contributed by atoms with Crippen LogP contribution in [-0.4, -0.2) is 14.2 Å². The zero-order valence-corrected chi connectivity index (χ0v) is 15.9. The molecule has 0 heterocycles. The molecule has 0 saturated carbocycles. The summed E-state index contributed by atoms with van der Waals surface area (Å²) >= 11 is 0. The lowest BCUT2D eigenvalue weighted by atomic mass is 9.94. The Labute approximate surface area is 142 Å². The van der Waals surface area contributed by atoms with E-state index in [-0.39, 0.29) is 5.82 Å². The van der Waals surface area contributed by atoms with E-state index in [9.17, 15) is 4.39 Å². The third kappa shape index (κ3) is 4.37. The van der Waals surface area contributed by atoms with E-state index in [2.05, 4.69) is 24.5 Å². The van der Waals surface area contributed by atoms with Crippen LogP contribution < -0.4 is 0 Å². The monoisotopic (exact) mass is 352 g/mol. The Bertz CT molecular complexity index is 674. The minimum Gasteiger partial charge on any atom is -0.380 e. The van der Waals surface area contributed by atoms with Crippen LogP contribution in [0.2, 0.25) is 0 Å². The van der Waals surface area contributed by atoms with Crippen molar-refractivity contribution in [2.75, 3.05) is 14.2 Å². The summed E-state index contributed by atoms with van der Waals surface area (Å²) in [6.45, 7) is 0.929. The summed E-state index contributed by atoms with van der Waals surface area (Å²) in [5, 5.41) is 0. The van der Waals surface area contributed by atoms with E-state index in [1.165, 1.54) is 5.56 Å². The number of benzene rings is 2. The Morgan fingerprint density at radius 3 is 2.13 bits per heavy atom. The van der Waals surface area contributed by atoms with E-state index in [0.29, 0.717) is 24.9 Å². The minimum atomic E-state index is -0.210. The molecule has 0 N–H and O–H groups in total. The first kappa shape index (κ1) is 18.5. The first-order valence-corrected chi connectivity index (χ1v) is 9.09. The number of ether oxygens (including phenoxy) is 2. The molecular weight excluding hydrogens is 329 g/mol. The van der Waals surface area contributed by atoms with Crippen molar-refractivity contribution < 1.29 is 13.9 Å². The molecule has 0 aromatic heterocycles. The van der Waals surface area contributed by atoms with Gasteiger partial charge in [-0.25, -0.2) is 4.39 Å². The van der Waals surface area contributed by atoms with Crippen LogP contribution >= 0.6 is 18.5 Å². The van der Waals surface area contributed by atoms with Gasteiger partial charge in [-0.1, -0.05) is 18.2 Å². The molecular formula is C18H23FO2P2. The fourth-order valence-electron chi connectivity index (χ4n) is 2.66. The molecule has 0 aliphatic rings. The first-order chi connectivity index (χ1) is 11.1. The summed E-state index contributed by atoms with van der Waals surface area (Å²) in [5.74, 6) is -0.210. The highest BCUT2D eigenvalue weighted by molar-refractivity contribution is 7.15. The molecule has 23 heavy (non-hydrogen) atoms. The Balaban J connectivity index is 2.58. The second kappa shape index (κ2) is 8.85. The van der Waals surface area contributed by atoms with Gasteiger partial charge in [-0.3, -0.25) is 0 Å². The predicted molar refractivity (Wildman–Crippen MR) is 100 cm³/mol. The number of halogens is 1. The fourth-order valence-corrected chi connectivity index (χ4v) is 3.29. The first-order valence-electron chi connectivity index (χ1n) is 7.46. The van der Waals surface area contributed by atoms with Gasteiger partial charge >= 0.3 is 0 Å². The number of hydrogen-bond acceptors (Lipinski definition) is 2. The van der Waals surface area contributed by atoms with E-state index in [1.54, 1.807) is 20.3 Å². The maximum Gasteiger partial charge on any atom is 0.131 e. The molecule has 2 unspecified atom stereocenters. The number of hydrogen-bond donors (Lipinski definition) is 0. The molecule has 0 amide bonds. The van der Waals surface area contributed by atoms with Gasteiger partial charge in [0.15, 0.2) is 0 Å². The lowest BCUT2D eigenvalue weighted by Gasteiger charge is -2.15. The van der Waals surface area contributed by atoms with Crippen LogP contribution in [0.4, 0.5) is 4.39 Å². The van der Waals surface area contributed by atoms with Crippen LogP contribution in [0.25, 0.3) is 11.1 Å². The largest absolute Gasteiger partial charge is 0.380 e. The van der Waals surface area contributed by atoms with Crippen molar-refractivity contribution in [1.29, 1.82) is 0 Å². The fraction of sp³-hybridized carbons (Fsp3) is 0.333. The Hall–Kier alpha value is -0.850. The minimum absolute atomic E-state index is 0.210. The van der Waals surface area contributed by atoms with E-state index in [0.717, 1.165) is 28.4 Å². The van der Waals surface area contributed by atoms with Gasteiger partial charge in [-0.05, 0) is 52.3 Å². The van der Waals surface area contributed by atoms with Gasteiger partial charge in [0.05, 0.1) is 13.2 Å². The van der Waals surface area contributed by atoms with Crippen LogP contribution in [-0.2, 0) is 35.0 Å². The molecule has 124 valence electrons. The highest BCUT2D eigenvalue weighted by Gasteiger charge is 2.14. The molecule has 2 aromatic carbocycles. The third-order valence-corrected chi connectivity index (χ3v) is 4.72. The average Bonchev–Trinajstić information content (AvgIpc) is 2.56. The molecule has 0 bridgehead atoms. The van der Waals surface area contributed by atoms with Crippen molar-refractivity contribution in [2.45, 2.75) is 25.5 Å². The van der Waals surface area contributed by atoms with Crippen molar-refractivity contribution in [3.63, 3.8) is 0 Å². The van der Waals surface area contributed by atoms with Gasteiger partial charge in [0, 0.05) is 19.8 Å². The molecule has 0 aliphatic carbocycles. The second-order valence-corrected chi connectivity index (χ2v) is 6.18. The third-order valence-electron chi connectivity index (χ3n) is 3.80. The van der Waals surface area contributed by atoms with Crippen LogP contribution in [0.3, 0.4) is 0 Å². The Morgan fingerprint density at radius 2 is 1.52 bits per heavy atom. The summed E-state index contributed by atoms with van der Waals surface area (Å²) in [6.07, 6.45) is 1.56.